The van der Waals surface area contributed by atoms with Gasteiger partial charge < -0.3 is 14.2 Å². The SMILES string of the molecule is c1cc(OC2CCOCC2)ccc1CCCN1CCOCC1. The lowest BCUT2D eigenvalue weighted by molar-refractivity contribution is 0.0255. The van der Waals surface area contributed by atoms with Crippen molar-refractivity contribution in [3.05, 3.63) is 29.8 Å². The van der Waals surface area contributed by atoms with E-state index in [0.717, 1.165) is 64.5 Å². The molecule has 0 aliphatic carbocycles. The third-order valence-corrected chi connectivity index (χ3v) is 4.44. The molecule has 4 heteroatoms. The second kappa shape index (κ2) is 8.51. The van der Waals surface area contributed by atoms with Gasteiger partial charge in [0, 0.05) is 25.9 Å². The maximum absolute atomic E-state index is 6.01. The first-order valence-electron chi connectivity index (χ1n) is 8.53. The molecule has 22 heavy (non-hydrogen) atoms. The molecule has 0 aromatic heterocycles. The summed E-state index contributed by atoms with van der Waals surface area (Å²) in [5.41, 5.74) is 1.40. The molecule has 2 heterocycles. The Morgan fingerprint density at radius 1 is 0.955 bits per heavy atom. The van der Waals surface area contributed by atoms with Gasteiger partial charge in [0.15, 0.2) is 0 Å². The highest BCUT2D eigenvalue weighted by molar-refractivity contribution is 5.27. The molecule has 3 rings (SSSR count). The summed E-state index contributed by atoms with van der Waals surface area (Å²) in [7, 11) is 0. The molecular formula is C18H27NO3. The number of hydrogen-bond acceptors (Lipinski definition) is 4. The predicted molar refractivity (Wildman–Crippen MR) is 86.5 cm³/mol. The fraction of sp³-hybridized carbons (Fsp3) is 0.667. The monoisotopic (exact) mass is 305 g/mol. The number of hydrogen-bond donors (Lipinski definition) is 0. The zero-order valence-corrected chi connectivity index (χ0v) is 13.3. The predicted octanol–water partition coefficient (Wildman–Crippen LogP) is 2.51. The topological polar surface area (TPSA) is 30.9 Å². The fourth-order valence-electron chi connectivity index (χ4n) is 3.05. The van der Waals surface area contributed by atoms with Crippen molar-refractivity contribution in [2.45, 2.75) is 31.8 Å². The maximum atomic E-state index is 6.01. The van der Waals surface area contributed by atoms with Crippen LogP contribution in [0.5, 0.6) is 5.75 Å². The molecule has 1 aromatic rings. The molecule has 0 radical (unpaired) electrons. The van der Waals surface area contributed by atoms with E-state index in [2.05, 4.69) is 29.2 Å². The number of nitrogens with zero attached hydrogens (tertiary/aromatic N) is 1. The molecule has 2 aliphatic rings. The third-order valence-electron chi connectivity index (χ3n) is 4.44. The van der Waals surface area contributed by atoms with E-state index >= 15 is 0 Å². The molecule has 2 fully saturated rings. The number of morpholine rings is 1. The Hall–Kier alpha value is -1.10. The van der Waals surface area contributed by atoms with Gasteiger partial charge in [0.1, 0.15) is 11.9 Å². The van der Waals surface area contributed by atoms with E-state index in [1.54, 1.807) is 0 Å². The van der Waals surface area contributed by atoms with E-state index in [1.165, 1.54) is 18.5 Å². The number of rotatable bonds is 6. The molecule has 0 unspecified atom stereocenters. The second-order valence-electron chi connectivity index (χ2n) is 6.13. The van der Waals surface area contributed by atoms with Crippen LogP contribution < -0.4 is 4.74 Å². The Balaban J connectivity index is 1.39. The summed E-state index contributed by atoms with van der Waals surface area (Å²) in [6, 6.07) is 8.63. The molecule has 0 N–H and O–H groups in total. The van der Waals surface area contributed by atoms with Gasteiger partial charge in [-0.15, -0.1) is 0 Å². The highest BCUT2D eigenvalue weighted by atomic mass is 16.5. The molecule has 2 aliphatic heterocycles. The minimum Gasteiger partial charge on any atom is -0.490 e. The van der Waals surface area contributed by atoms with Gasteiger partial charge >= 0.3 is 0 Å². The smallest absolute Gasteiger partial charge is 0.119 e. The summed E-state index contributed by atoms with van der Waals surface area (Å²) in [6.45, 7) is 6.75. The second-order valence-corrected chi connectivity index (χ2v) is 6.13. The van der Waals surface area contributed by atoms with Crippen molar-refractivity contribution in [1.82, 2.24) is 4.90 Å². The van der Waals surface area contributed by atoms with Crippen molar-refractivity contribution in [2.24, 2.45) is 0 Å². The quantitative estimate of drug-likeness (QED) is 0.808. The van der Waals surface area contributed by atoms with Gasteiger partial charge in [0.2, 0.25) is 0 Å². The largest absolute Gasteiger partial charge is 0.490 e. The first-order valence-corrected chi connectivity index (χ1v) is 8.53. The van der Waals surface area contributed by atoms with E-state index in [0.29, 0.717) is 6.10 Å². The van der Waals surface area contributed by atoms with Crippen molar-refractivity contribution in [2.75, 3.05) is 46.1 Å². The minimum absolute atomic E-state index is 0.320. The number of ether oxygens (including phenoxy) is 3. The van der Waals surface area contributed by atoms with Crippen LogP contribution in [0, 0.1) is 0 Å². The van der Waals surface area contributed by atoms with E-state index < -0.39 is 0 Å². The van der Waals surface area contributed by atoms with Crippen molar-refractivity contribution in [3.8, 4) is 5.75 Å². The van der Waals surface area contributed by atoms with Crippen LogP contribution in [0.3, 0.4) is 0 Å². The van der Waals surface area contributed by atoms with E-state index in [-0.39, 0.29) is 0 Å². The Kier molecular flexibility index (Phi) is 6.11. The summed E-state index contributed by atoms with van der Waals surface area (Å²) >= 11 is 0. The van der Waals surface area contributed by atoms with E-state index in [9.17, 15) is 0 Å². The molecule has 122 valence electrons. The van der Waals surface area contributed by atoms with Crippen LogP contribution in [-0.2, 0) is 15.9 Å². The number of benzene rings is 1. The van der Waals surface area contributed by atoms with Crippen LogP contribution in [0.25, 0.3) is 0 Å². The first-order chi connectivity index (χ1) is 10.9. The molecule has 1 aromatic carbocycles. The van der Waals surface area contributed by atoms with E-state index in [4.69, 9.17) is 14.2 Å². The Morgan fingerprint density at radius 2 is 1.64 bits per heavy atom. The zero-order valence-electron chi connectivity index (χ0n) is 13.3. The summed E-state index contributed by atoms with van der Waals surface area (Å²) in [4.78, 5) is 2.49. The first kappa shape index (κ1) is 15.8. The molecule has 0 amide bonds. The Labute approximate surface area is 133 Å². The molecule has 0 saturated carbocycles. The molecule has 0 bridgehead atoms. The minimum atomic E-state index is 0.320. The number of aryl methyl sites for hydroxylation is 1. The highest BCUT2D eigenvalue weighted by Gasteiger charge is 2.15. The van der Waals surface area contributed by atoms with Gasteiger partial charge in [0.25, 0.3) is 0 Å². The molecule has 2 saturated heterocycles. The lowest BCUT2D eigenvalue weighted by atomic mass is 10.1. The van der Waals surface area contributed by atoms with Crippen LogP contribution in [0.2, 0.25) is 0 Å². The van der Waals surface area contributed by atoms with Crippen molar-refractivity contribution in [1.29, 1.82) is 0 Å². The van der Waals surface area contributed by atoms with Crippen molar-refractivity contribution in [3.63, 3.8) is 0 Å². The zero-order chi connectivity index (χ0) is 15.0. The molecular weight excluding hydrogens is 278 g/mol. The summed E-state index contributed by atoms with van der Waals surface area (Å²) in [5.74, 6) is 0.990. The van der Waals surface area contributed by atoms with Crippen LogP contribution >= 0.6 is 0 Å². The average Bonchev–Trinajstić information content (AvgIpc) is 2.58. The van der Waals surface area contributed by atoms with Crippen LogP contribution in [0.15, 0.2) is 24.3 Å². The molecule has 4 nitrogen and oxygen atoms in total. The van der Waals surface area contributed by atoms with Gasteiger partial charge in [-0.05, 0) is 37.1 Å². The third kappa shape index (κ3) is 4.97. The maximum Gasteiger partial charge on any atom is 0.119 e. The van der Waals surface area contributed by atoms with Crippen molar-refractivity contribution >= 4 is 0 Å². The Bertz CT molecular complexity index is 422. The van der Waals surface area contributed by atoms with Gasteiger partial charge in [-0.3, -0.25) is 4.90 Å². The molecule has 0 spiro atoms. The summed E-state index contributed by atoms with van der Waals surface area (Å²) in [5, 5.41) is 0. The van der Waals surface area contributed by atoms with Crippen molar-refractivity contribution < 1.29 is 14.2 Å². The van der Waals surface area contributed by atoms with Crippen LogP contribution in [0.4, 0.5) is 0 Å². The summed E-state index contributed by atoms with van der Waals surface area (Å²) < 4.78 is 16.7. The standard InChI is InChI=1S/C18H27NO3/c1(9-19-10-14-21-15-11-19)2-16-3-5-17(6-4-16)22-18-7-12-20-13-8-18/h3-6,18H,1-2,7-15H2. The fourth-order valence-corrected chi connectivity index (χ4v) is 3.05. The van der Waals surface area contributed by atoms with Crippen LogP contribution in [0.1, 0.15) is 24.8 Å². The Morgan fingerprint density at radius 3 is 2.36 bits per heavy atom. The van der Waals surface area contributed by atoms with Gasteiger partial charge in [-0.25, -0.2) is 0 Å². The highest BCUT2D eigenvalue weighted by Crippen LogP contribution is 2.19. The lowest BCUT2D eigenvalue weighted by Crippen LogP contribution is -2.36. The van der Waals surface area contributed by atoms with Gasteiger partial charge in [0.05, 0.1) is 26.4 Å². The summed E-state index contributed by atoms with van der Waals surface area (Å²) in [6.07, 6.45) is 4.67. The normalized spacial score (nSPS) is 20.9. The molecule has 0 atom stereocenters. The van der Waals surface area contributed by atoms with Gasteiger partial charge in [-0.1, -0.05) is 12.1 Å². The van der Waals surface area contributed by atoms with Crippen LogP contribution in [-0.4, -0.2) is 57.1 Å². The van der Waals surface area contributed by atoms with E-state index in [1.807, 2.05) is 0 Å². The lowest BCUT2D eigenvalue weighted by Gasteiger charge is -2.26. The average molecular weight is 305 g/mol. The van der Waals surface area contributed by atoms with Gasteiger partial charge in [-0.2, -0.15) is 0 Å².